The maximum Gasteiger partial charge on any atom is 0.126 e. The molecule has 0 radical (unpaired) electrons. The van der Waals surface area contributed by atoms with Gasteiger partial charge < -0.3 is 5.73 Å². The van der Waals surface area contributed by atoms with Crippen LogP contribution in [0.5, 0.6) is 0 Å². The molecule has 0 spiro atoms. The summed E-state index contributed by atoms with van der Waals surface area (Å²) in [5.74, 6) is 0.0586. The molecule has 0 saturated carbocycles. The number of hydrogen-bond acceptors (Lipinski definition) is 2. The van der Waals surface area contributed by atoms with E-state index in [1.807, 2.05) is 29.1 Å². The SMILES string of the molecule is CCC(C)n1ccc(CC(CN)Cc2ccccc2F)n1. The molecule has 21 heavy (non-hydrogen) atoms. The molecule has 2 atom stereocenters. The third-order valence-electron chi connectivity index (χ3n) is 4.00. The fraction of sp³-hybridized carbons (Fsp3) is 0.471. The molecule has 0 aliphatic rings. The Kier molecular flexibility index (Phi) is 5.51. The zero-order chi connectivity index (χ0) is 15.2. The van der Waals surface area contributed by atoms with Gasteiger partial charge in [0.25, 0.3) is 0 Å². The molecule has 1 heterocycles. The van der Waals surface area contributed by atoms with Crippen LogP contribution in [0, 0.1) is 11.7 Å². The van der Waals surface area contributed by atoms with E-state index in [-0.39, 0.29) is 11.7 Å². The van der Waals surface area contributed by atoms with Crippen molar-refractivity contribution in [3.8, 4) is 0 Å². The van der Waals surface area contributed by atoms with Crippen molar-refractivity contribution in [2.75, 3.05) is 6.54 Å². The average molecular weight is 289 g/mol. The Morgan fingerprint density at radius 1 is 1.24 bits per heavy atom. The van der Waals surface area contributed by atoms with Gasteiger partial charge in [-0.25, -0.2) is 4.39 Å². The van der Waals surface area contributed by atoms with Crippen molar-refractivity contribution < 1.29 is 4.39 Å². The lowest BCUT2D eigenvalue weighted by atomic mass is 9.94. The van der Waals surface area contributed by atoms with Crippen LogP contribution in [0.15, 0.2) is 36.5 Å². The lowest BCUT2D eigenvalue weighted by Gasteiger charge is -2.14. The van der Waals surface area contributed by atoms with Gasteiger partial charge in [0.15, 0.2) is 0 Å². The van der Waals surface area contributed by atoms with E-state index in [9.17, 15) is 4.39 Å². The van der Waals surface area contributed by atoms with Gasteiger partial charge in [-0.05, 0) is 56.3 Å². The number of halogens is 1. The Morgan fingerprint density at radius 2 is 2.00 bits per heavy atom. The minimum Gasteiger partial charge on any atom is -0.330 e. The second-order valence-electron chi connectivity index (χ2n) is 5.65. The van der Waals surface area contributed by atoms with E-state index >= 15 is 0 Å². The van der Waals surface area contributed by atoms with Crippen LogP contribution in [0.1, 0.15) is 37.6 Å². The van der Waals surface area contributed by atoms with E-state index in [2.05, 4.69) is 18.9 Å². The van der Waals surface area contributed by atoms with Crippen molar-refractivity contribution in [2.24, 2.45) is 11.7 Å². The summed E-state index contributed by atoms with van der Waals surface area (Å²) < 4.78 is 15.7. The topological polar surface area (TPSA) is 43.8 Å². The zero-order valence-corrected chi connectivity index (χ0v) is 12.8. The molecule has 0 bridgehead atoms. The predicted octanol–water partition coefficient (Wildman–Crippen LogP) is 3.35. The molecule has 1 aromatic heterocycles. The highest BCUT2D eigenvalue weighted by atomic mass is 19.1. The summed E-state index contributed by atoms with van der Waals surface area (Å²) in [6.07, 6.45) is 4.50. The van der Waals surface area contributed by atoms with Crippen LogP contribution in [0.2, 0.25) is 0 Å². The Bertz CT molecular complexity index is 565. The van der Waals surface area contributed by atoms with Crippen LogP contribution in [0.4, 0.5) is 4.39 Å². The normalized spacial score (nSPS) is 14.1. The van der Waals surface area contributed by atoms with Crippen molar-refractivity contribution in [3.05, 3.63) is 53.6 Å². The summed E-state index contributed by atoms with van der Waals surface area (Å²) >= 11 is 0. The molecular formula is C17H24FN3. The number of nitrogens with two attached hydrogens (primary N) is 1. The van der Waals surface area contributed by atoms with Gasteiger partial charge in [-0.2, -0.15) is 5.10 Å². The molecule has 0 saturated heterocycles. The molecule has 2 unspecified atom stereocenters. The molecule has 4 heteroatoms. The Hall–Kier alpha value is -1.68. The van der Waals surface area contributed by atoms with Crippen molar-refractivity contribution in [2.45, 2.75) is 39.2 Å². The van der Waals surface area contributed by atoms with Crippen LogP contribution in [-0.4, -0.2) is 16.3 Å². The van der Waals surface area contributed by atoms with Gasteiger partial charge in [-0.1, -0.05) is 25.1 Å². The summed E-state index contributed by atoms with van der Waals surface area (Å²) in [7, 11) is 0. The van der Waals surface area contributed by atoms with Crippen molar-refractivity contribution in [1.29, 1.82) is 0 Å². The largest absolute Gasteiger partial charge is 0.330 e. The van der Waals surface area contributed by atoms with E-state index in [4.69, 9.17) is 5.73 Å². The first kappa shape index (κ1) is 15.7. The highest BCUT2D eigenvalue weighted by molar-refractivity contribution is 5.18. The lowest BCUT2D eigenvalue weighted by Crippen LogP contribution is -2.20. The number of aromatic nitrogens is 2. The van der Waals surface area contributed by atoms with E-state index in [1.54, 1.807) is 6.07 Å². The summed E-state index contributed by atoms with van der Waals surface area (Å²) in [4.78, 5) is 0. The smallest absolute Gasteiger partial charge is 0.126 e. The molecular weight excluding hydrogens is 265 g/mol. The van der Waals surface area contributed by atoms with Crippen LogP contribution in [0.3, 0.4) is 0 Å². The molecule has 2 N–H and O–H groups in total. The van der Waals surface area contributed by atoms with Crippen LogP contribution < -0.4 is 5.73 Å². The molecule has 0 amide bonds. The van der Waals surface area contributed by atoms with Gasteiger partial charge in [0.05, 0.1) is 5.69 Å². The third-order valence-corrected chi connectivity index (χ3v) is 4.00. The highest BCUT2D eigenvalue weighted by Gasteiger charge is 2.14. The monoisotopic (exact) mass is 289 g/mol. The highest BCUT2D eigenvalue weighted by Crippen LogP contribution is 2.17. The fourth-order valence-corrected chi connectivity index (χ4v) is 2.43. The van der Waals surface area contributed by atoms with Crippen LogP contribution in [0.25, 0.3) is 0 Å². The molecule has 1 aromatic carbocycles. The lowest BCUT2D eigenvalue weighted by molar-refractivity contribution is 0.461. The van der Waals surface area contributed by atoms with Crippen LogP contribution >= 0.6 is 0 Å². The van der Waals surface area contributed by atoms with Crippen molar-refractivity contribution in [1.82, 2.24) is 9.78 Å². The maximum atomic E-state index is 13.7. The summed E-state index contributed by atoms with van der Waals surface area (Å²) in [6, 6.07) is 9.35. The molecule has 2 rings (SSSR count). The quantitative estimate of drug-likeness (QED) is 0.849. The molecule has 114 valence electrons. The summed E-state index contributed by atoms with van der Waals surface area (Å²) in [5, 5.41) is 4.60. The van der Waals surface area contributed by atoms with Gasteiger partial charge in [0.1, 0.15) is 5.82 Å². The number of hydrogen-bond donors (Lipinski definition) is 1. The maximum absolute atomic E-state index is 13.7. The van der Waals surface area contributed by atoms with E-state index < -0.39 is 0 Å². The molecule has 0 aliphatic carbocycles. The van der Waals surface area contributed by atoms with E-state index in [0.717, 1.165) is 24.1 Å². The first-order valence-corrected chi connectivity index (χ1v) is 7.61. The van der Waals surface area contributed by atoms with Gasteiger partial charge in [0.2, 0.25) is 0 Å². The van der Waals surface area contributed by atoms with E-state index in [0.29, 0.717) is 19.0 Å². The molecule has 0 aliphatic heterocycles. The molecule has 3 nitrogen and oxygen atoms in total. The minimum absolute atomic E-state index is 0.152. The Morgan fingerprint density at radius 3 is 2.67 bits per heavy atom. The fourth-order valence-electron chi connectivity index (χ4n) is 2.43. The van der Waals surface area contributed by atoms with E-state index in [1.165, 1.54) is 6.07 Å². The first-order chi connectivity index (χ1) is 10.1. The van der Waals surface area contributed by atoms with Crippen molar-refractivity contribution >= 4 is 0 Å². The van der Waals surface area contributed by atoms with Crippen LogP contribution in [-0.2, 0) is 12.8 Å². The summed E-state index contributed by atoms with van der Waals surface area (Å²) in [5.41, 5.74) is 7.61. The predicted molar refractivity (Wildman–Crippen MR) is 83.6 cm³/mol. The molecule has 0 fully saturated rings. The third kappa shape index (κ3) is 4.14. The zero-order valence-electron chi connectivity index (χ0n) is 12.8. The second-order valence-corrected chi connectivity index (χ2v) is 5.65. The van der Waals surface area contributed by atoms with Gasteiger partial charge in [0, 0.05) is 12.2 Å². The minimum atomic E-state index is -0.152. The standard InChI is InChI=1S/C17H24FN3/c1-3-13(2)21-9-8-16(20-21)11-14(12-19)10-15-6-4-5-7-17(15)18/h4-9,13-14H,3,10-12,19H2,1-2H3. The second kappa shape index (κ2) is 7.36. The van der Waals surface area contributed by atoms with Gasteiger partial charge in [-0.3, -0.25) is 4.68 Å². The Balaban J connectivity index is 2.02. The number of nitrogens with zero attached hydrogens (tertiary/aromatic N) is 2. The Labute approximate surface area is 126 Å². The average Bonchev–Trinajstić information content (AvgIpc) is 2.96. The first-order valence-electron chi connectivity index (χ1n) is 7.61. The summed E-state index contributed by atoms with van der Waals surface area (Å²) in [6.45, 7) is 4.83. The van der Waals surface area contributed by atoms with Gasteiger partial charge >= 0.3 is 0 Å². The number of benzene rings is 1. The number of rotatable bonds is 7. The van der Waals surface area contributed by atoms with Gasteiger partial charge in [-0.15, -0.1) is 0 Å². The molecule has 2 aromatic rings. The van der Waals surface area contributed by atoms with Crippen molar-refractivity contribution in [3.63, 3.8) is 0 Å².